The summed E-state index contributed by atoms with van der Waals surface area (Å²) in [5.74, 6) is -1.46. The molecule has 0 fully saturated rings. The number of hydrogen-bond donors (Lipinski definition) is 1. The molecular formula is C16H23NO5. The predicted molar refractivity (Wildman–Crippen MR) is 83.2 cm³/mol. The van der Waals surface area contributed by atoms with Gasteiger partial charge in [-0.2, -0.15) is 0 Å². The summed E-state index contributed by atoms with van der Waals surface area (Å²) < 4.78 is 4.60. The average molecular weight is 309 g/mol. The zero-order valence-corrected chi connectivity index (χ0v) is 13.9. The lowest BCUT2D eigenvalue weighted by Crippen LogP contribution is -2.25. The third kappa shape index (κ3) is 3.96. The maximum atomic E-state index is 11.8. The number of rotatable bonds is 4. The van der Waals surface area contributed by atoms with E-state index < -0.39 is 27.7 Å². The number of benzene rings is 1. The van der Waals surface area contributed by atoms with Crippen molar-refractivity contribution in [1.29, 1.82) is 0 Å². The van der Waals surface area contributed by atoms with E-state index in [-0.39, 0.29) is 11.0 Å². The van der Waals surface area contributed by atoms with Crippen molar-refractivity contribution in [2.45, 2.75) is 46.5 Å². The van der Waals surface area contributed by atoms with Crippen molar-refractivity contribution in [3.05, 3.63) is 33.4 Å². The van der Waals surface area contributed by atoms with Crippen molar-refractivity contribution < 1.29 is 19.6 Å². The molecule has 0 spiro atoms. The molecule has 0 bridgehead atoms. The van der Waals surface area contributed by atoms with Crippen LogP contribution in [0.3, 0.4) is 0 Å². The van der Waals surface area contributed by atoms with Gasteiger partial charge in [0.2, 0.25) is 5.75 Å². The second-order valence-corrected chi connectivity index (χ2v) is 7.26. The van der Waals surface area contributed by atoms with Gasteiger partial charge in [0, 0.05) is 6.07 Å². The molecule has 0 atom stereocenters. The van der Waals surface area contributed by atoms with Crippen LogP contribution in [-0.2, 0) is 10.2 Å². The molecule has 0 saturated heterocycles. The fourth-order valence-electron chi connectivity index (χ4n) is 2.84. The third-order valence-electron chi connectivity index (χ3n) is 3.45. The summed E-state index contributed by atoms with van der Waals surface area (Å²) in [7, 11) is 1.17. The number of nitro benzene ring substituents is 1. The lowest BCUT2D eigenvalue weighted by Gasteiger charge is -2.33. The smallest absolute Gasteiger partial charge is 0.341 e. The van der Waals surface area contributed by atoms with Crippen LogP contribution in [0.25, 0.3) is 0 Å². The highest BCUT2D eigenvalue weighted by atomic mass is 16.6. The molecule has 0 aliphatic heterocycles. The molecule has 1 aromatic carbocycles. The number of phenolic OH excluding ortho intramolecular Hbond substituents is 1. The molecule has 0 saturated carbocycles. The number of esters is 1. The van der Waals surface area contributed by atoms with E-state index in [4.69, 9.17) is 0 Å². The van der Waals surface area contributed by atoms with Crippen LogP contribution in [0.1, 0.15) is 57.0 Å². The van der Waals surface area contributed by atoms with Crippen LogP contribution in [0.15, 0.2) is 12.1 Å². The van der Waals surface area contributed by atoms with Crippen LogP contribution < -0.4 is 0 Å². The van der Waals surface area contributed by atoms with Gasteiger partial charge in [0.1, 0.15) is 5.56 Å². The van der Waals surface area contributed by atoms with Crippen molar-refractivity contribution in [1.82, 2.24) is 0 Å². The number of hydrogen-bond acceptors (Lipinski definition) is 5. The molecule has 6 nitrogen and oxygen atoms in total. The van der Waals surface area contributed by atoms with Gasteiger partial charge in [-0.1, -0.05) is 34.6 Å². The number of methoxy groups -OCH3 is 1. The van der Waals surface area contributed by atoms with Gasteiger partial charge in [-0.05, 0) is 28.9 Å². The lowest BCUT2D eigenvalue weighted by atomic mass is 9.72. The van der Waals surface area contributed by atoms with Crippen LogP contribution in [0.4, 0.5) is 5.69 Å². The van der Waals surface area contributed by atoms with E-state index in [2.05, 4.69) is 25.5 Å². The largest absolute Gasteiger partial charge is 0.501 e. The standard InChI is InChI=1S/C16H23NO5/c1-15(2,3)9-16(4,5)10-7-11(14(19)22-6)13(18)12(8-10)17(20)21/h7-8,18H,9H2,1-6H3. The summed E-state index contributed by atoms with van der Waals surface area (Å²) in [5.41, 5.74) is -0.456. The Labute approximate surface area is 130 Å². The number of ether oxygens (including phenoxy) is 1. The minimum Gasteiger partial charge on any atom is -0.501 e. The SMILES string of the molecule is COC(=O)c1cc(C(C)(C)CC(C)(C)C)cc([N+](=O)[O-])c1O. The Morgan fingerprint density at radius 3 is 2.23 bits per heavy atom. The number of nitrogens with zero attached hydrogens (tertiary/aromatic N) is 1. The maximum absolute atomic E-state index is 11.8. The Hall–Kier alpha value is -2.11. The van der Waals surface area contributed by atoms with Crippen molar-refractivity contribution in [2.24, 2.45) is 5.41 Å². The Morgan fingerprint density at radius 2 is 1.82 bits per heavy atom. The van der Waals surface area contributed by atoms with Crippen molar-refractivity contribution in [3.63, 3.8) is 0 Å². The number of nitro groups is 1. The van der Waals surface area contributed by atoms with Gasteiger partial charge >= 0.3 is 11.7 Å². The second-order valence-electron chi connectivity index (χ2n) is 7.26. The molecule has 22 heavy (non-hydrogen) atoms. The zero-order chi connectivity index (χ0) is 17.3. The first kappa shape index (κ1) is 17.9. The molecular weight excluding hydrogens is 286 g/mol. The zero-order valence-electron chi connectivity index (χ0n) is 13.9. The average Bonchev–Trinajstić information content (AvgIpc) is 2.34. The molecule has 6 heteroatoms. The van der Waals surface area contributed by atoms with Crippen molar-refractivity contribution >= 4 is 11.7 Å². The predicted octanol–water partition coefficient (Wildman–Crippen LogP) is 3.80. The molecule has 0 unspecified atom stereocenters. The van der Waals surface area contributed by atoms with E-state index >= 15 is 0 Å². The summed E-state index contributed by atoms with van der Waals surface area (Å²) >= 11 is 0. The fourth-order valence-corrected chi connectivity index (χ4v) is 2.84. The maximum Gasteiger partial charge on any atom is 0.341 e. The fraction of sp³-hybridized carbons (Fsp3) is 0.562. The molecule has 1 rings (SSSR count). The van der Waals surface area contributed by atoms with Gasteiger partial charge in [0.15, 0.2) is 0 Å². The van der Waals surface area contributed by atoms with Gasteiger partial charge in [-0.25, -0.2) is 4.79 Å². The van der Waals surface area contributed by atoms with Crippen molar-refractivity contribution in [3.8, 4) is 5.75 Å². The minimum atomic E-state index is -0.797. The molecule has 0 amide bonds. The third-order valence-corrected chi connectivity index (χ3v) is 3.45. The number of aromatic hydroxyl groups is 1. The minimum absolute atomic E-state index is 0.00158. The molecule has 0 radical (unpaired) electrons. The first-order chi connectivity index (χ1) is 9.89. The molecule has 0 aliphatic carbocycles. The summed E-state index contributed by atoms with van der Waals surface area (Å²) in [4.78, 5) is 22.2. The topological polar surface area (TPSA) is 89.7 Å². The number of carbonyl (C=O) groups is 1. The number of carbonyl (C=O) groups excluding carboxylic acids is 1. The lowest BCUT2D eigenvalue weighted by molar-refractivity contribution is -0.386. The van der Waals surface area contributed by atoms with Crippen LogP contribution in [0.2, 0.25) is 0 Å². The van der Waals surface area contributed by atoms with Crippen LogP contribution in [0, 0.1) is 15.5 Å². The highest BCUT2D eigenvalue weighted by molar-refractivity contribution is 5.94. The Kier molecular flexibility index (Phi) is 4.85. The summed E-state index contributed by atoms with van der Waals surface area (Å²) in [6.45, 7) is 10.1. The molecule has 1 aromatic rings. The second kappa shape index (κ2) is 5.94. The Balaban J connectivity index is 3.52. The van der Waals surface area contributed by atoms with E-state index in [1.807, 2.05) is 13.8 Å². The molecule has 0 heterocycles. The van der Waals surface area contributed by atoms with Gasteiger partial charge < -0.3 is 9.84 Å². The molecule has 0 aromatic heterocycles. The first-order valence-corrected chi connectivity index (χ1v) is 6.99. The van der Waals surface area contributed by atoms with Crippen molar-refractivity contribution in [2.75, 3.05) is 7.11 Å². The van der Waals surface area contributed by atoms with Crippen LogP contribution in [0.5, 0.6) is 5.75 Å². The first-order valence-electron chi connectivity index (χ1n) is 6.99. The van der Waals surface area contributed by atoms with Gasteiger partial charge in [-0.15, -0.1) is 0 Å². The summed E-state index contributed by atoms with van der Waals surface area (Å²) in [6.07, 6.45) is 0.753. The molecule has 1 N–H and O–H groups in total. The molecule has 0 aliphatic rings. The quantitative estimate of drug-likeness (QED) is 0.519. The van der Waals surface area contributed by atoms with Gasteiger partial charge in [-0.3, -0.25) is 10.1 Å². The number of phenols is 1. The van der Waals surface area contributed by atoms with Crippen LogP contribution >= 0.6 is 0 Å². The normalized spacial score (nSPS) is 12.1. The van der Waals surface area contributed by atoms with Gasteiger partial charge in [0.05, 0.1) is 12.0 Å². The monoisotopic (exact) mass is 309 g/mol. The van der Waals surface area contributed by atoms with E-state index in [1.54, 1.807) is 0 Å². The Morgan fingerprint density at radius 1 is 1.27 bits per heavy atom. The summed E-state index contributed by atoms with van der Waals surface area (Å²) in [5, 5.41) is 21.1. The van der Waals surface area contributed by atoms with E-state index in [0.717, 1.165) is 6.42 Å². The highest BCUT2D eigenvalue weighted by Gasteiger charge is 2.32. The highest BCUT2D eigenvalue weighted by Crippen LogP contribution is 2.41. The van der Waals surface area contributed by atoms with Crippen LogP contribution in [-0.4, -0.2) is 23.1 Å². The molecule has 122 valence electrons. The van der Waals surface area contributed by atoms with E-state index in [1.165, 1.54) is 19.2 Å². The van der Waals surface area contributed by atoms with Gasteiger partial charge in [0.25, 0.3) is 0 Å². The Bertz CT molecular complexity index is 599. The summed E-state index contributed by atoms with van der Waals surface area (Å²) in [6, 6.07) is 2.80. The van der Waals surface area contributed by atoms with E-state index in [0.29, 0.717) is 5.56 Å². The van der Waals surface area contributed by atoms with E-state index in [9.17, 15) is 20.0 Å².